The number of hydrogen-bond donors (Lipinski definition) is 2. The minimum absolute atomic E-state index is 0.0403. The average Bonchev–Trinajstić information content (AvgIpc) is 3.25. The van der Waals surface area contributed by atoms with Gasteiger partial charge in [0.2, 0.25) is 0 Å². The molecule has 10 nitrogen and oxygen atoms in total. The predicted molar refractivity (Wildman–Crippen MR) is 235 cm³/mol. The van der Waals surface area contributed by atoms with Crippen molar-refractivity contribution in [1.29, 1.82) is 0 Å². The van der Waals surface area contributed by atoms with Crippen LogP contribution in [0.1, 0.15) is 131 Å². The summed E-state index contributed by atoms with van der Waals surface area (Å²) in [7, 11) is 0. The number of carbonyl (C=O) groups excluding carboxylic acids is 3. The number of rotatable bonds is 19. The maximum absolute atomic E-state index is 13.5. The molecule has 61 heavy (non-hydrogen) atoms. The molecular formula is C51H68O10. The highest BCUT2D eigenvalue weighted by Crippen LogP contribution is 2.55. The summed E-state index contributed by atoms with van der Waals surface area (Å²) in [6.07, 6.45) is 3.13. The monoisotopic (exact) mass is 840 g/mol. The molecule has 0 spiro atoms. The highest BCUT2D eigenvalue weighted by atomic mass is 16.7. The van der Waals surface area contributed by atoms with E-state index >= 15 is 0 Å². The van der Waals surface area contributed by atoms with Crippen molar-refractivity contribution in [3.8, 4) is 0 Å². The summed E-state index contributed by atoms with van der Waals surface area (Å²) >= 11 is 0. The van der Waals surface area contributed by atoms with E-state index in [1.807, 2.05) is 0 Å². The summed E-state index contributed by atoms with van der Waals surface area (Å²) in [5, 5.41) is 22.5. The van der Waals surface area contributed by atoms with E-state index in [1.165, 1.54) is 5.57 Å². The van der Waals surface area contributed by atoms with Crippen LogP contribution in [0.15, 0.2) is 103 Å². The standard InChI is InChI=1S/C51H68O10/c1-8-36(40-32-50(6,7)29-30-51(40,34-52)35(2)3)26-18-27-49(4,5)28-19-31-57-48-44(61-47(56)39-24-16-11-17-25-39)43(60-46(55)38-22-14-10-15-23-38)42(53)41(59-48)33-58-45(54)37-20-12-9-13-21-37/h9-17,20-26,35,40-44,48,52-53H,8,18-19,27-34H2,1-7H3/t40?,41?,42-,43?,44?,48-,51+/m1/s1. The zero-order valence-corrected chi connectivity index (χ0v) is 37.2. The molecule has 2 fully saturated rings. The van der Waals surface area contributed by atoms with Crippen LogP contribution in [-0.2, 0) is 23.7 Å². The average molecular weight is 841 g/mol. The lowest BCUT2D eigenvalue weighted by Crippen LogP contribution is -2.62. The fraction of sp³-hybridized carbons (Fsp3) is 0.549. The molecule has 0 aromatic heterocycles. The molecule has 1 aliphatic carbocycles. The summed E-state index contributed by atoms with van der Waals surface area (Å²) in [4.78, 5) is 39.9. The van der Waals surface area contributed by atoms with Crippen molar-refractivity contribution in [2.75, 3.05) is 19.8 Å². The highest BCUT2D eigenvalue weighted by Gasteiger charge is 2.51. The zero-order valence-electron chi connectivity index (χ0n) is 37.2. The quantitative estimate of drug-likeness (QED) is 0.0520. The number of aliphatic hydroxyl groups excluding tert-OH is 2. The van der Waals surface area contributed by atoms with Gasteiger partial charge in [0, 0.05) is 18.6 Å². The third-order valence-electron chi connectivity index (χ3n) is 13.0. The molecule has 332 valence electrons. The molecule has 1 saturated carbocycles. The van der Waals surface area contributed by atoms with E-state index in [-0.39, 0.29) is 47.2 Å². The van der Waals surface area contributed by atoms with Crippen molar-refractivity contribution in [3.05, 3.63) is 119 Å². The number of esters is 3. The lowest BCUT2D eigenvalue weighted by molar-refractivity contribution is -0.299. The van der Waals surface area contributed by atoms with E-state index in [0.717, 1.165) is 44.9 Å². The Morgan fingerprint density at radius 3 is 1.89 bits per heavy atom. The Morgan fingerprint density at radius 1 is 0.820 bits per heavy atom. The topological polar surface area (TPSA) is 138 Å². The van der Waals surface area contributed by atoms with Crippen molar-refractivity contribution >= 4 is 17.9 Å². The van der Waals surface area contributed by atoms with Crippen molar-refractivity contribution in [2.24, 2.45) is 28.1 Å². The number of benzene rings is 3. The van der Waals surface area contributed by atoms with Gasteiger partial charge >= 0.3 is 17.9 Å². The van der Waals surface area contributed by atoms with Gasteiger partial charge in [-0.25, -0.2) is 14.4 Å². The highest BCUT2D eigenvalue weighted by molar-refractivity contribution is 5.90. The minimum Gasteiger partial charge on any atom is -0.459 e. The Kier molecular flexibility index (Phi) is 16.9. The summed E-state index contributed by atoms with van der Waals surface area (Å²) in [5.74, 6) is -1.35. The summed E-state index contributed by atoms with van der Waals surface area (Å²) < 4.78 is 30.1. The van der Waals surface area contributed by atoms with Crippen molar-refractivity contribution < 1.29 is 48.3 Å². The molecule has 1 aliphatic heterocycles. The normalized spacial score (nSPS) is 25.4. The second-order valence-electron chi connectivity index (χ2n) is 18.7. The van der Waals surface area contributed by atoms with Gasteiger partial charge in [-0.15, -0.1) is 0 Å². The third kappa shape index (κ3) is 12.6. The molecule has 0 bridgehead atoms. The Morgan fingerprint density at radius 2 is 1.36 bits per heavy atom. The van der Waals surface area contributed by atoms with E-state index in [2.05, 4.69) is 54.5 Å². The van der Waals surface area contributed by atoms with Gasteiger partial charge in [0.1, 0.15) is 18.8 Å². The Hall–Kier alpha value is -4.35. The zero-order chi connectivity index (χ0) is 44.2. The van der Waals surface area contributed by atoms with Crippen LogP contribution < -0.4 is 0 Å². The predicted octanol–water partition coefficient (Wildman–Crippen LogP) is 9.78. The Labute approximate surface area is 363 Å². The van der Waals surface area contributed by atoms with Gasteiger partial charge in [-0.3, -0.25) is 0 Å². The molecule has 2 N–H and O–H groups in total. The van der Waals surface area contributed by atoms with Gasteiger partial charge in [0.15, 0.2) is 18.5 Å². The molecule has 2 aliphatic rings. The van der Waals surface area contributed by atoms with Gasteiger partial charge in [0.05, 0.1) is 16.7 Å². The first-order valence-corrected chi connectivity index (χ1v) is 22.1. The maximum Gasteiger partial charge on any atom is 0.338 e. The first-order chi connectivity index (χ1) is 29.1. The van der Waals surface area contributed by atoms with E-state index in [4.69, 9.17) is 23.7 Å². The largest absolute Gasteiger partial charge is 0.459 e. The molecule has 1 saturated heterocycles. The van der Waals surface area contributed by atoms with Crippen LogP contribution in [0.4, 0.5) is 0 Å². The Bertz CT molecular complexity index is 1870. The van der Waals surface area contributed by atoms with Gasteiger partial charge in [-0.1, -0.05) is 115 Å². The summed E-state index contributed by atoms with van der Waals surface area (Å²) in [6, 6.07) is 25.1. The van der Waals surface area contributed by atoms with Crippen LogP contribution in [0.5, 0.6) is 0 Å². The summed E-state index contributed by atoms with van der Waals surface area (Å²) in [6.45, 7) is 16.0. The lowest BCUT2D eigenvalue weighted by atomic mass is 9.53. The molecule has 1 heterocycles. The second-order valence-corrected chi connectivity index (χ2v) is 18.7. The van der Waals surface area contributed by atoms with Crippen molar-refractivity contribution in [2.45, 2.75) is 131 Å². The molecule has 0 radical (unpaired) electrons. The number of ether oxygens (including phenoxy) is 5. The third-order valence-corrected chi connectivity index (χ3v) is 13.0. The molecule has 4 unspecified atom stereocenters. The van der Waals surface area contributed by atoms with Crippen LogP contribution in [-0.4, -0.2) is 78.6 Å². The number of aliphatic hydroxyl groups is 2. The van der Waals surface area contributed by atoms with Gasteiger partial charge in [-0.2, -0.15) is 0 Å². The molecule has 10 heteroatoms. The molecule has 3 aromatic rings. The second kappa shape index (κ2) is 21.6. The van der Waals surface area contributed by atoms with Gasteiger partial charge in [0.25, 0.3) is 0 Å². The molecule has 0 amide bonds. The van der Waals surface area contributed by atoms with E-state index < -0.39 is 48.6 Å². The lowest BCUT2D eigenvalue weighted by Gasteiger charge is -2.52. The SMILES string of the molecule is CCC(=CCCC(C)(C)CCCO[C@@H]1OC(COC(=O)c2ccccc2)[C@@H](O)C(OC(=O)c2ccccc2)C1OC(=O)c1ccccc1)C1CC(C)(C)CC[C@]1(CO)C(C)C. The van der Waals surface area contributed by atoms with Gasteiger partial charge in [-0.05, 0) is 110 Å². The van der Waals surface area contributed by atoms with Crippen LogP contribution in [0.3, 0.4) is 0 Å². The van der Waals surface area contributed by atoms with Crippen LogP contribution in [0.2, 0.25) is 0 Å². The van der Waals surface area contributed by atoms with Crippen LogP contribution in [0, 0.1) is 28.1 Å². The maximum atomic E-state index is 13.5. The molecule has 7 atom stereocenters. The molecule has 5 rings (SSSR count). The molecular weight excluding hydrogens is 773 g/mol. The van der Waals surface area contributed by atoms with Gasteiger partial charge < -0.3 is 33.9 Å². The Balaban J connectivity index is 1.30. The fourth-order valence-corrected chi connectivity index (χ4v) is 8.99. The number of hydrogen-bond acceptors (Lipinski definition) is 10. The smallest absolute Gasteiger partial charge is 0.338 e. The first-order valence-electron chi connectivity index (χ1n) is 22.1. The minimum atomic E-state index is -1.56. The summed E-state index contributed by atoms with van der Waals surface area (Å²) in [5.41, 5.74) is 2.35. The first kappa shape index (κ1) is 47.7. The van der Waals surface area contributed by atoms with Crippen molar-refractivity contribution in [3.63, 3.8) is 0 Å². The van der Waals surface area contributed by atoms with Crippen LogP contribution >= 0.6 is 0 Å². The van der Waals surface area contributed by atoms with Crippen molar-refractivity contribution in [1.82, 2.24) is 0 Å². The molecule has 3 aromatic carbocycles. The van der Waals surface area contributed by atoms with E-state index in [0.29, 0.717) is 23.8 Å². The van der Waals surface area contributed by atoms with Crippen LogP contribution in [0.25, 0.3) is 0 Å². The fourth-order valence-electron chi connectivity index (χ4n) is 8.99. The number of carbonyl (C=O) groups is 3. The van der Waals surface area contributed by atoms with E-state index in [9.17, 15) is 24.6 Å². The van der Waals surface area contributed by atoms with E-state index in [1.54, 1.807) is 91.0 Å². The number of allylic oxidation sites excluding steroid dienone is 2.